The molecule has 1 aliphatic rings. The van der Waals surface area contributed by atoms with Gasteiger partial charge < -0.3 is 19.7 Å². The lowest BCUT2D eigenvalue weighted by molar-refractivity contribution is -0.113. The molecule has 3 aromatic rings. The van der Waals surface area contributed by atoms with Crippen molar-refractivity contribution >= 4 is 40.6 Å². The van der Waals surface area contributed by atoms with Gasteiger partial charge in [-0.15, -0.1) is 5.10 Å². The van der Waals surface area contributed by atoms with Gasteiger partial charge in [0.05, 0.1) is 37.5 Å². The van der Waals surface area contributed by atoms with E-state index in [1.165, 1.54) is 11.8 Å². The Morgan fingerprint density at radius 2 is 2.03 bits per heavy atom. The standard InChI is InChI=1S/C20H21ClN6O3S/c1-29-18-5-3-2-4-17(18)27-20(23-24-25-27)31-13-19(28)22-15-12-14(21)6-7-16(15)26-8-10-30-11-9-26/h2-7,12H,8-11,13H2,1H3,(H,22,28). The minimum atomic E-state index is -0.184. The van der Waals surface area contributed by atoms with Gasteiger partial charge in [-0.25, -0.2) is 0 Å². The van der Waals surface area contributed by atoms with Crippen molar-refractivity contribution in [3.8, 4) is 11.4 Å². The van der Waals surface area contributed by atoms with Crippen molar-refractivity contribution in [2.75, 3.05) is 49.4 Å². The lowest BCUT2D eigenvalue weighted by Crippen LogP contribution is -2.36. The summed E-state index contributed by atoms with van der Waals surface area (Å²) in [5, 5.41) is 15.8. The maximum Gasteiger partial charge on any atom is 0.234 e. The third-order valence-corrected chi connectivity index (χ3v) is 5.83. The highest BCUT2D eigenvalue weighted by Gasteiger charge is 2.18. The maximum atomic E-state index is 12.7. The number of para-hydroxylation sites is 2. The zero-order valence-electron chi connectivity index (χ0n) is 16.8. The maximum absolute atomic E-state index is 12.7. The number of amides is 1. The molecule has 0 atom stereocenters. The zero-order chi connectivity index (χ0) is 21.6. The number of aromatic nitrogens is 4. The van der Waals surface area contributed by atoms with E-state index in [4.69, 9.17) is 21.1 Å². The number of carbonyl (C=O) groups excluding carboxylic acids is 1. The van der Waals surface area contributed by atoms with Gasteiger partial charge in [0.1, 0.15) is 11.4 Å². The second kappa shape index (κ2) is 9.99. The monoisotopic (exact) mass is 460 g/mol. The van der Waals surface area contributed by atoms with Crippen molar-refractivity contribution in [1.82, 2.24) is 20.2 Å². The van der Waals surface area contributed by atoms with Gasteiger partial charge in [-0.05, 0) is 40.8 Å². The average Bonchev–Trinajstić information content (AvgIpc) is 3.27. The number of halogens is 1. The van der Waals surface area contributed by atoms with E-state index in [9.17, 15) is 4.79 Å². The highest BCUT2D eigenvalue weighted by molar-refractivity contribution is 7.99. The SMILES string of the molecule is COc1ccccc1-n1nnnc1SCC(=O)Nc1cc(Cl)ccc1N1CCOCC1. The van der Waals surface area contributed by atoms with Crippen LogP contribution in [0.1, 0.15) is 0 Å². The van der Waals surface area contributed by atoms with Gasteiger partial charge in [0.2, 0.25) is 11.1 Å². The van der Waals surface area contributed by atoms with E-state index in [1.54, 1.807) is 17.9 Å². The van der Waals surface area contributed by atoms with Gasteiger partial charge in [0.25, 0.3) is 0 Å². The van der Waals surface area contributed by atoms with Crippen molar-refractivity contribution in [2.24, 2.45) is 0 Å². The number of nitrogens with one attached hydrogen (secondary N) is 1. The number of tetrazole rings is 1. The number of thioether (sulfide) groups is 1. The fraction of sp³-hybridized carbons (Fsp3) is 0.300. The Balaban J connectivity index is 1.46. The number of anilines is 2. The molecule has 4 rings (SSSR count). The van der Waals surface area contributed by atoms with Crippen molar-refractivity contribution in [3.63, 3.8) is 0 Å². The molecule has 9 nitrogen and oxygen atoms in total. The predicted molar refractivity (Wildman–Crippen MR) is 120 cm³/mol. The van der Waals surface area contributed by atoms with Crippen LogP contribution in [0.4, 0.5) is 11.4 Å². The molecule has 1 N–H and O–H groups in total. The molecule has 0 radical (unpaired) electrons. The van der Waals surface area contributed by atoms with E-state index < -0.39 is 0 Å². The Morgan fingerprint density at radius 3 is 2.84 bits per heavy atom. The fourth-order valence-corrected chi connectivity index (χ4v) is 4.09. The van der Waals surface area contributed by atoms with Crippen LogP contribution in [0.3, 0.4) is 0 Å². The highest BCUT2D eigenvalue weighted by Crippen LogP contribution is 2.30. The lowest BCUT2D eigenvalue weighted by atomic mass is 10.2. The van der Waals surface area contributed by atoms with Crippen LogP contribution in [-0.2, 0) is 9.53 Å². The van der Waals surface area contributed by atoms with E-state index in [1.807, 2.05) is 36.4 Å². The molecule has 1 amide bonds. The summed E-state index contributed by atoms with van der Waals surface area (Å²) in [5.41, 5.74) is 2.29. The molecule has 2 aromatic carbocycles. The van der Waals surface area contributed by atoms with Crippen molar-refractivity contribution in [1.29, 1.82) is 0 Å². The minimum absolute atomic E-state index is 0.130. The fourth-order valence-electron chi connectivity index (χ4n) is 3.23. The predicted octanol–water partition coefficient (Wildman–Crippen LogP) is 2.89. The quantitative estimate of drug-likeness (QED) is 0.538. The molecule has 0 aliphatic carbocycles. The van der Waals surface area contributed by atoms with Crippen LogP contribution in [0, 0.1) is 0 Å². The molecular weight excluding hydrogens is 440 g/mol. The first-order valence-corrected chi connectivity index (χ1v) is 11.0. The summed E-state index contributed by atoms with van der Waals surface area (Å²) in [5.74, 6) is 0.580. The van der Waals surface area contributed by atoms with Crippen LogP contribution in [0.25, 0.3) is 5.69 Å². The number of hydrogen-bond acceptors (Lipinski definition) is 8. The highest BCUT2D eigenvalue weighted by atomic mass is 35.5. The Morgan fingerprint density at radius 1 is 1.23 bits per heavy atom. The Labute approximate surface area is 188 Å². The largest absolute Gasteiger partial charge is 0.494 e. The molecule has 0 unspecified atom stereocenters. The second-order valence-corrected chi connectivity index (χ2v) is 8.02. The Hall–Kier alpha value is -2.82. The van der Waals surface area contributed by atoms with Gasteiger partial charge in [-0.3, -0.25) is 4.79 Å². The second-order valence-electron chi connectivity index (χ2n) is 6.64. The third-order valence-electron chi connectivity index (χ3n) is 4.67. The molecule has 0 bridgehead atoms. The van der Waals surface area contributed by atoms with Crippen LogP contribution >= 0.6 is 23.4 Å². The minimum Gasteiger partial charge on any atom is -0.494 e. The Bertz CT molecular complexity index is 1060. The first-order chi connectivity index (χ1) is 15.2. The summed E-state index contributed by atoms with van der Waals surface area (Å²) in [4.78, 5) is 14.9. The van der Waals surface area contributed by atoms with Gasteiger partial charge in [0.15, 0.2) is 0 Å². The number of carbonyl (C=O) groups is 1. The zero-order valence-corrected chi connectivity index (χ0v) is 18.4. The van der Waals surface area contributed by atoms with E-state index in [2.05, 4.69) is 25.7 Å². The molecule has 162 valence electrons. The molecule has 1 aromatic heterocycles. The normalized spacial score (nSPS) is 13.8. The molecule has 31 heavy (non-hydrogen) atoms. The average molecular weight is 461 g/mol. The topological polar surface area (TPSA) is 94.4 Å². The number of morpholine rings is 1. The molecule has 1 aliphatic heterocycles. The van der Waals surface area contributed by atoms with Gasteiger partial charge in [-0.1, -0.05) is 35.5 Å². The molecule has 0 saturated carbocycles. The van der Waals surface area contributed by atoms with Crippen LogP contribution < -0.4 is 15.0 Å². The number of ether oxygens (including phenoxy) is 2. The molecular formula is C20H21ClN6O3S. The summed E-state index contributed by atoms with van der Waals surface area (Å²) in [6.45, 7) is 2.81. The molecule has 1 saturated heterocycles. The smallest absolute Gasteiger partial charge is 0.234 e. The van der Waals surface area contributed by atoms with Crippen molar-refractivity contribution in [3.05, 3.63) is 47.5 Å². The summed E-state index contributed by atoms with van der Waals surface area (Å²) in [6.07, 6.45) is 0. The molecule has 2 heterocycles. The number of rotatable bonds is 7. The lowest BCUT2D eigenvalue weighted by Gasteiger charge is -2.30. The van der Waals surface area contributed by atoms with Crippen molar-refractivity contribution < 1.29 is 14.3 Å². The summed E-state index contributed by atoms with van der Waals surface area (Å²) in [6, 6.07) is 12.9. The van der Waals surface area contributed by atoms with E-state index in [-0.39, 0.29) is 11.7 Å². The van der Waals surface area contributed by atoms with Gasteiger partial charge in [0, 0.05) is 18.1 Å². The van der Waals surface area contributed by atoms with Crippen LogP contribution in [0.2, 0.25) is 5.02 Å². The van der Waals surface area contributed by atoms with Crippen LogP contribution in [0.15, 0.2) is 47.6 Å². The first kappa shape index (κ1) is 21.4. The third kappa shape index (κ3) is 5.09. The molecule has 0 spiro atoms. The molecule has 11 heteroatoms. The van der Waals surface area contributed by atoms with Gasteiger partial charge >= 0.3 is 0 Å². The van der Waals surface area contributed by atoms with Crippen LogP contribution in [-0.4, -0.2) is 65.3 Å². The summed E-state index contributed by atoms with van der Waals surface area (Å²) < 4.78 is 12.4. The first-order valence-electron chi connectivity index (χ1n) is 9.62. The number of methoxy groups -OCH3 is 1. The van der Waals surface area contributed by atoms with E-state index in [0.717, 1.165) is 18.8 Å². The van der Waals surface area contributed by atoms with Crippen molar-refractivity contribution in [2.45, 2.75) is 5.16 Å². The van der Waals surface area contributed by atoms with Gasteiger partial charge in [-0.2, -0.15) is 4.68 Å². The number of hydrogen-bond donors (Lipinski definition) is 1. The molecule has 1 fully saturated rings. The Kier molecular flexibility index (Phi) is 6.90. The summed E-state index contributed by atoms with van der Waals surface area (Å²) in [7, 11) is 1.58. The van der Waals surface area contributed by atoms with E-state index >= 15 is 0 Å². The number of nitrogens with zero attached hydrogens (tertiary/aromatic N) is 5. The summed E-state index contributed by atoms with van der Waals surface area (Å²) >= 11 is 7.41. The number of benzene rings is 2. The van der Waals surface area contributed by atoms with Crippen LogP contribution in [0.5, 0.6) is 5.75 Å². The van der Waals surface area contributed by atoms with E-state index in [0.29, 0.717) is 40.5 Å².